The number of hydrogen-bond donors (Lipinski definition) is 1. The third kappa shape index (κ3) is 2.69. The molecule has 1 N–H and O–H groups in total. The van der Waals surface area contributed by atoms with Gasteiger partial charge in [0.05, 0.1) is 18.8 Å². The van der Waals surface area contributed by atoms with E-state index in [0.29, 0.717) is 6.04 Å². The lowest BCUT2D eigenvalue weighted by molar-refractivity contribution is 0.234. The summed E-state index contributed by atoms with van der Waals surface area (Å²) in [6, 6.07) is 8.80. The van der Waals surface area contributed by atoms with Gasteiger partial charge in [0.25, 0.3) is 0 Å². The Morgan fingerprint density at radius 3 is 2.96 bits per heavy atom. The minimum absolute atomic E-state index is 0.407. The molecule has 0 bridgehead atoms. The molecule has 1 unspecified atom stereocenters. The Hall–Kier alpha value is -2.27. The molecule has 1 fully saturated rings. The van der Waals surface area contributed by atoms with Crippen LogP contribution in [0.25, 0.3) is 10.9 Å². The van der Waals surface area contributed by atoms with Crippen molar-refractivity contribution in [2.45, 2.75) is 32.4 Å². The fourth-order valence-electron chi connectivity index (χ4n) is 3.85. The van der Waals surface area contributed by atoms with E-state index in [1.54, 1.807) is 7.11 Å². The van der Waals surface area contributed by atoms with E-state index < -0.39 is 0 Å². The Morgan fingerprint density at radius 2 is 2.21 bits per heavy atom. The Morgan fingerprint density at radius 1 is 1.33 bits per heavy atom. The summed E-state index contributed by atoms with van der Waals surface area (Å²) in [7, 11) is 3.81. The Balaban J connectivity index is 1.58. The topological polar surface area (TPSA) is 46.1 Å². The summed E-state index contributed by atoms with van der Waals surface area (Å²) in [6.07, 6.45) is 4.52. The summed E-state index contributed by atoms with van der Waals surface area (Å²) in [6.45, 7) is 4.11. The number of hydrogen-bond acceptors (Lipinski definition) is 3. The molecule has 1 aliphatic rings. The number of aromatic amines is 1. The predicted molar refractivity (Wildman–Crippen MR) is 95.2 cm³/mol. The van der Waals surface area contributed by atoms with E-state index >= 15 is 0 Å². The summed E-state index contributed by atoms with van der Waals surface area (Å²) >= 11 is 0. The van der Waals surface area contributed by atoms with Crippen LogP contribution in [0.2, 0.25) is 0 Å². The Bertz CT molecular complexity index is 864. The zero-order chi connectivity index (χ0) is 16.7. The number of methoxy groups -OCH3 is 1. The number of fused-ring (bicyclic) bond motifs is 1. The van der Waals surface area contributed by atoms with E-state index in [0.717, 1.165) is 30.0 Å². The van der Waals surface area contributed by atoms with E-state index in [1.807, 2.05) is 6.07 Å². The first-order valence-electron chi connectivity index (χ1n) is 8.53. The van der Waals surface area contributed by atoms with E-state index in [9.17, 15) is 0 Å². The van der Waals surface area contributed by atoms with Crippen LogP contribution in [0.4, 0.5) is 0 Å². The third-order valence-electron chi connectivity index (χ3n) is 4.95. The van der Waals surface area contributed by atoms with E-state index in [2.05, 4.69) is 52.8 Å². The van der Waals surface area contributed by atoms with Gasteiger partial charge in [-0.05, 0) is 50.6 Å². The van der Waals surface area contributed by atoms with Crippen molar-refractivity contribution in [2.24, 2.45) is 7.05 Å². The summed E-state index contributed by atoms with van der Waals surface area (Å²) in [4.78, 5) is 10.8. The number of nitrogens with one attached hydrogen (secondary N) is 1. The average molecular weight is 324 g/mol. The van der Waals surface area contributed by atoms with Gasteiger partial charge >= 0.3 is 0 Å². The normalized spacial score (nSPS) is 18.5. The van der Waals surface area contributed by atoms with Crippen LogP contribution in [-0.4, -0.2) is 33.1 Å². The van der Waals surface area contributed by atoms with Gasteiger partial charge in [-0.3, -0.25) is 4.90 Å². The first-order valence-corrected chi connectivity index (χ1v) is 8.53. The lowest BCUT2D eigenvalue weighted by atomic mass is 10.2. The highest BCUT2D eigenvalue weighted by Crippen LogP contribution is 2.33. The molecule has 0 amide bonds. The van der Waals surface area contributed by atoms with Crippen molar-refractivity contribution in [2.75, 3.05) is 13.7 Å². The number of H-pyrrole nitrogens is 1. The van der Waals surface area contributed by atoms with Gasteiger partial charge in [0.15, 0.2) is 0 Å². The third-order valence-corrected chi connectivity index (χ3v) is 4.95. The summed E-state index contributed by atoms with van der Waals surface area (Å²) in [5.74, 6) is 2.08. The highest BCUT2D eigenvalue weighted by atomic mass is 16.5. The first-order chi connectivity index (χ1) is 11.6. The number of aromatic nitrogens is 3. The lowest BCUT2D eigenvalue weighted by Gasteiger charge is -2.23. The van der Waals surface area contributed by atoms with Crippen LogP contribution in [0, 0.1) is 6.92 Å². The van der Waals surface area contributed by atoms with Crippen molar-refractivity contribution in [3.05, 3.63) is 47.7 Å². The van der Waals surface area contributed by atoms with Crippen LogP contribution in [0.3, 0.4) is 0 Å². The lowest BCUT2D eigenvalue weighted by Crippen LogP contribution is -2.25. The Kier molecular flexibility index (Phi) is 3.81. The van der Waals surface area contributed by atoms with Gasteiger partial charge in [-0.15, -0.1) is 0 Å². The van der Waals surface area contributed by atoms with Crippen molar-refractivity contribution < 1.29 is 4.74 Å². The molecule has 5 heteroatoms. The zero-order valence-electron chi connectivity index (χ0n) is 14.5. The molecule has 126 valence electrons. The van der Waals surface area contributed by atoms with Gasteiger partial charge < -0.3 is 14.3 Å². The van der Waals surface area contributed by atoms with Gasteiger partial charge in [-0.1, -0.05) is 0 Å². The number of aryl methyl sites for hydroxylation is 2. The number of imidazole rings is 1. The fraction of sp³-hybridized carbons (Fsp3) is 0.421. The largest absolute Gasteiger partial charge is 0.497 e. The molecule has 1 aliphatic heterocycles. The molecule has 3 heterocycles. The number of nitrogens with zero attached hydrogens (tertiary/aromatic N) is 3. The molecule has 24 heavy (non-hydrogen) atoms. The minimum Gasteiger partial charge on any atom is -0.497 e. The SMILES string of the molecule is COc1ccc2[nH]c(CN3CCCC3c3nc(C)cn3C)cc2c1. The van der Waals surface area contributed by atoms with E-state index in [1.165, 1.54) is 29.7 Å². The maximum absolute atomic E-state index is 5.32. The zero-order valence-corrected chi connectivity index (χ0v) is 14.5. The molecule has 1 aromatic carbocycles. The molecule has 3 aromatic rings. The van der Waals surface area contributed by atoms with Crippen molar-refractivity contribution in [1.29, 1.82) is 0 Å². The van der Waals surface area contributed by atoms with Crippen molar-refractivity contribution >= 4 is 10.9 Å². The molecule has 0 saturated carbocycles. The second-order valence-corrected chi connectivity index (χ2v) is 6.73. The summed E-state index contributed by atoms with van der Waals surface area (Å²) in [5.41, 5.74) is 3.50. The van der Waals surface area contributed by atoms with Crippen LogP contribution >= 0.6 is 0 Å². The molecular weight excluding hydrogens is 300 g/mol. The highest BCUT2D eigenvalue weighted by molar-refractivity contribution is 5.81. The smallest absolute Gasteiger partial charge is 0.126 e. The maximum atomic E-state index is 5.32. The van der Waals surface area contributed by atoms with E-state index in [4.69, 9.17) is 9.72 Å². The molecule has 1 atom stereocenters. The number of likely N-dealkylation sites (tertiary alicyclic amines) is 1. The van der Waals surface area contributed by atoms with Gasteiger partial charge in [0.1, 0.15) is 11.6 Å². The van der Waals surface area contributed by atoms with Gasteiger partial charge in [-0.25, -0.2) is 4.98 Å². The average Bonchev–Trinajstić information content (AvgIpc) is 3.25. The molecular formula is C19H24N4O. The number of rotatable bonds is 4. The van der Waals surface area contributed by atoms with E-state index in [-0.39, 0.29) is 0 Å². The number of benzene rings is 1. The van der Waals surface area contributed by atoms with Crippen LogP contribution < -0.4 is 4.74 Å². The molecule has 4 rings (SSSR count). The second-order valence-electron chi connectivity index (χ2n) is 6.73. The highest BCUT2D eigenvalue weighted by Gasteiger charge is 2.29. The molecule has 0 spiro atoms. The summed E-state index contributed by atoms with van der Waals surface area (Å²) in [5, 5.41) is 1.20. The van der Waals surface area contributed by atoms with Gasteiger partial charge in [-0.2, -0.15) is 0 Å². The van der Waals surface area contributed by atoms with Crippen molar-refractivity contribution in [3.8, 4) is 5.75 Å². The van der Waals surface area contributed by atoms with Crippen LogP contribution in [0.15, 0.2) is 30.5 Å². The monoisotopic (exact) mass is 324 g/mol. The van der Waals surface area contributed by atoms with Crippen molar-refractivity contribution in [3.63, 3.8) is 0 Å². The second kappa shape index (κ2) is 5.98. The first kappa shape index (κ1) is 15.3. The van der Waals surface area contributed by atoms with Crippen LogP contribution in [0.5, 0.6) is 5.75 Å². The predicted octanol–water partition coefficient (Wildman–Crippen LogP) is 3.56. The molecule has 2 aromatic heterocycles. The minimum atomic E-state index is 0.407. The fourth-order valence-corrected chi connectivity index (χ4v) is 3.85. The van der Waals surface area contributed by atoms with Crippen LogP contribution in [0.1, 0.15) is 36.1 Å². The Labute approximate surface area is 142 Å². The van der Waals surface area contributed by atoms with Crippen molar-refractivity contribution in [1.82, 2.24) is 19.4 Å². The van der Waals surface area contributed by atoms with Gasteiger partial charge in [0.2, 0.25) is 0 Å². The molecule has 5 nitrogen and oxygen atoms in total. The standard InChI is InChI=1S/C19H24N4O/c1-13-11-22(2)19(20-13)18-5-4-8-23(18)12-15-9-14-10-16(24-3)6-7-17(14)21-15/h6-7,9-11,18,21H,4-5,8,12H2,1-3H3. The molecule has 0 radical (unpaired) electrons. The van der Waals surface area contributed by atoms with Gasteiger partial charge in [0, 0.05) is 36.4 Å². The molecule has 1 saturated heterocycles. The maximum Gasteiger partial charge on any atom is 0.126 e. The quantitative estimate of drug-likeness (QED) is 0.798. The number of ether oxygens (including phenoxy) is 1. The summed E-state index contributed by atoms with van der Waals surface area (Å²) < 4.78 is 7.50. The molecule has 0 aliphatic carbocycles. The van der Waals surface area contributed by atoms with Crippen LogP contribution in [-0.2, 0) is 13.6 Å².